The summed E-state index contributed by atoms with van der Waals surface area (Å²) in [5.74, 6) is -1.55. The number of benzene rings is 2. The van der Waals surface area contributed by atoms with E-state index >= 15 is 0 Å². The number of aryl methyl sites for hydroxylation is 1. The summed E-state index contributed by atoms with van der Waals surface area (Å²) in [5, 5.41) is 18.0. The first-order chi connectivity index (χ1) is 13.4. The molecular weight excluding hydrogens is 393 g/mol. The van der Waals surface area contributed by atoms with Gasteiger partial charge >= 0.3 is 5.97 Å². The van der Waals surface area contributed by atoms with E-state index in [4.69, 9.17) is 21.0 Å². The second-order valence-corrected chi connectivity index (χ2v) is 5.93. The Morgan fingerprint density at radius 3 is 2.82 bits per heavy atom. The highest BCUT2D eigenvalue weighted by atomic mass is 35.5. The molecule has 142 valence electrons. The van der Waals surface area contributed by atoms with Gasteiger partial charge in [0.15, 0.2) is 0 Å². The first-order valence-electron chi connectivity index (χ1n) is 7.78. The summed E-state index contributed by atoms with van der Waals surface area (Å²) in [6.07, 6.45) is 1.13. The maximum Gasteiger partial charge on any atom is 0.371 e. The first kappa shape index (κ1) is 19.2. The molecule has 0 amide bonds. The van der Waals surface area contributed by atoms with Crippen LogP contribution < -0.4 is 0 Å². The van der Waals surface area contributed by atoms with Crippen molar-refractivity contribution in [2.75, 3.05) is 0 Å². The zero-order chi connectivity index (χ0) is 20.3. The van der Waals surface area contributed by atoms with E-state index in [1.807, 2.05) is 0 Å². The van der Waals surface area contributed by atoms with E-state index in [1.54, 1.807) is 6.07 Å². The summed E-state index contributed by atoms with van der Waals surface area (Å²) in [6, 6.07) is 9.60. The van der Waals surface area contributed by atoms with Gasteiger partial charge in [0.25, 0.3) is 5.69 Å². The number of carbonyl (C=O) groups is 1. The lowest BCUT2D eigenvalue weighted by molar-refractivity contribution is -0.384. The Kier molecular flexibility index (Phi) is 5.46. The van der Waals surface area contributed by atoms with Crippen molar-refractivity contribution in [2.24, 2.45) is 5.16 Å². The Balaban J connectivity index is 1.85. The fourth-order valence-electron chi connectivity index (χ4n) is 2.41. The van der Waals surface area contributed by atoms with Crippen LogP contribution in [0.5, 0.6) is 0 Å². The molecule has 2 aromatic carbocycles. The number of hydrogen-bond donors (Lipinski definition) is 0. The topological polar surface area (TPSA) is 108 Å². The van der Waals surface area contributed by atoms with E-state index in [1.165, 1.54) is 43.3 Å². The van der Waals surface area contributed by atoms with Crippen LogP contribution >= 0.6 is 11.6 Å². The number of rotatable bonds is 5. The lowest BCUT2D eigenvalue weighted by Crippen LogP contribution is -2.04. The summed E-state index contributed by atoms with van der Waals surface area (Å²) in [6.45, 7) is 1.45. The third kappa shape index (κ3) is 3.89. The monoisotopic (exact) mass is 403 g/mol. The minimum absolute atomic E-state index is 0.0439. The molecule has 0 saturated heterocycles. The van der Waals surface area contributed by atoms with Crippen LogP contribution in [0.3, 0.4) is 0 Å². The molecule has 0 spiro atoms. The minimum atomic E-state index is -0.949. The van der Waals surface area contributed by atoms with E-state index in [9.17, 15) is 19.3 Å². The second-order valence-electron chi connectivity index (χ2n) is 5.52. The molecular formula is C18H11ClFN3O5. The zero-order valence-electron chi connectivity index (χ0n) is 14.3. The standard InChI is InChI=1S/C18H11ClFN3O5/c1-10-15(17(22-27-10)16-13(19)6-3-7-14(16)20)18(24)28-21-9-11-4-2-5-12(8-11)23(25)26/h2-9H,1H3/b21-9+. The Morgan fingerprint density at radius 1 is 1.36 bits per heavy atom. The van der Waals surface area contributed by atoms with Crippen molar-refractivity contribution < 1.29 is 23.5 Å². The average Bonchev–Trinajstić information content (AvgIpc) is 3.03. The number of nitro groups is 1. The smallest absolute Gasteiger partial charge is 0.360 e. The molecule has 3 aromatic rings. The molecule has 0 saturated carbocycles. The lowest BCUT2D eigenvalue weighted by atomic mass is 10.1. The fraction of sp³-hybridized carbons (Fsp3) is 0.0556. The number of oxime groups is 1. The third-order valence-electron chi connectivity index (χ3n) is 3.68. The molecule has 0 fully saturated rings. The highest BCUT2D eigenvalue weighted by Gasteiger charge is 2.26. The third-order valence-corrected chi connectivity index (χ3v) is 4.00. The van der Waals surface area contributed by atoms with E-state index in [0.29, 0.717) is 5.56 Å². The molecule has 3 rings (SSSR count). The number of nitrogens with zero attached hydrogens (tertiary/aromatic N) is 3. The normalized spacial score (nSPS) is 11.0. The van der Waals surface area contributed by atoms with Gasteiger partial charge < -0.3 is 9.36 Å². The number of aromatic nitrogens is 1. The lowest BCUT2D eigenvalue weighted by Gasteiger charge is -2.04. The van der Waals surface area contributed by atoms with Crippen molar-refractivity contribution >= 4 is 29.5 Å². The Morgan fingerprint density at radius 2 is 2.11 bits per heavy atom. The van der Waals surface area contributed by atoms with Crippen molar-refractivity contribution in [2.45, 2.75) is 6.92 Å². The molecule has 0 atom stereocenters. The van der Waals surface area contributed by atoms with Gasteiger partial charge in [-0.05, 0) is 19.1 Å². The van der Waals surface area contributed by atoms with E-state index in [2.05, 4.69) is 10.3 Å². The van der Waals surface area contributed by atoms with Gasteiger partial charge in [-0.3, -0.25) is 10.1 Å². The van der Waals surface area contributed by atoms with Crippen molar-refractivity contribution in [3.05, 3.63) is 80.3 Å². The van der Waals surface area contributed by atoms with Crippen molar-refractivity contribution in [3.8, 4) is 11.3 Å². The van der Waals surface area contributed by atoms with Crippen LogP contribution in [-0.2, 0) is 4.84 Å². The Hall–Kier alpha value is -3.59. The Labute approximate surface area is 162 Å². The van der Waals surface area contributed by atoms with Crippen LogP contribution in [0.25, 0.3) is 11.3 Å². The average molecular weight is 404 g/mol. The molecule has 10 heteroatoms. The largest absolute Gasteiger partial charge is 0.371 e. The fourth-order valence-corrected chi connectivity index (χ4v) is 2.66. The van der Waals surface area contributed by atoms with Gasteiger partial charge in [0.05, 0.1) is 21.7 Å². The van der Waals surface area contributed by atoms with Crippen molar-refractivity contribution in [1.82, 2.24) is 5.16 Å². The SMILES string of the molecule is Cc1onc(-c2c(F)cccc2Cl)c1C(=O)O/N=C/c1cccc([N+](=O)[O-])c1. The van der Waals surface area contributed by atoms with Crippen LogP contribution in [0.4, 0.5) is 10.1 Å². The molecule has 8 nitrogen and oxygen atoms in total. The number of hydrogen-bond acceptors (Lipinski definition) is 7. The van der Waals surface area contributed by atoms with Crippen LogP contribution in [0, 0.1) is 22.9 Å². The number of nitro benzene ring substituents is 1. The molecule has 0 N–H and O–H groups in total. The van der Waals surface area contributed by atoms with Gasteiger partial charge in [0, 0.05) is 17.7 Å². The number of carbonyl (C=O) groups excluding carboxylic acids is 1. The van der Waals surface area contributed by atoms with Gasteiger partial charge in [0.1, 0.15) is 22.8 Å². The van der Waals surface area contributed by atoms with Gasteiger partial charge in [-0.15, -0.1) is 0 Å². The van der Waals surface area contributed by atoms with Gasteiger partial charge in [-0.2, -0.15) is 0 Å². The number of halogens is 2. The molecule has 0 aliphatic rings. The van der Waals surface area contributed by atoms with Gasteiger partial charge in [0.2, 0.25) is 0 Å². The molecule has 0 radical (unpaired) electrons. The van der Waals surface area contributed by atoms with Crippen molar-refractivity contribution in [3.63, 3.8) is 0 Å². The molecule has 0 unspecified atom stereocenters. The zero-order valence-corrected chi connectivity index (χ0v) is 15.0. The second kappa shape index (κ2) is 7.97. The maximum absolute atomic E-state index is 14.2. The van der Waals surface area contributed by atoms with E-state index in [0.717, 1.165) is 6.21 Å². The molecule has 28 heavy (non-hydrogen) atoms. The molecule has 0 bridgehead atoms. The predicted octanol–water partition coefficient (Wildman–Crippen LogP) is 4.54. The summed E-state index contributed by atoms with van der Waals surface area (Å²) >= 11 is 6.02. The van der Waals surface area contributed by atoms with E-state index < -0.39 is 16.7 Å². The first-order valence-corrected chi connectivity index (χ1v) is 8.16. The summed E-state index contributed by atoms with van der Waals surface area (Å²) < 4.78 is 19.1. The quantitative estimate of drug-likeness (QED) is 0.268. The molecule has 1 aromatic heterocycles. The minimum Gasteiger partial charge on any atom is -0.360 e. The summed E-state index contributed by atoms with van der Waals surface area (Å²) in [7, 11) is 0. The van der Waals surface area contributed by atoms with Gasteiger partial charge in [-0.25, -0.2) is 9.18 Å². The summed E-state index contributed by atoms with van der Waals surface area (Å²) in [5.41, 5.74) is -0.141. The molecule has 0 aliphatic carbocycles. The van der Waals surface area contributed by atoms with Crippen LogP contribution in [-0.4, -0.2) is 22.3 Å². The van der Waals surface area contributed by atoms with Crippen LogP contribution in [0.2, 0.25) is 5.02 Å². The summed E-state index contributed by atoms with van der Waals surface area (Å²) in [4.78, 5) is 27.4. The maximum atomic E-state index is 14.2. The molecule has 0 aliphatic heterocycles. The highest BCUT2D eigenvalue weighted by Crippen LogP contribution is 2.33. The molecule has 1 heterocycles. The van der Waals surface area contributed by atoms with Crippen molar-refractivity contribution in [1.29, 1.82) is 0 Å². The van der Waals surface area contributed by atoms with Gasteiger partial charge in [-0.1, -0.05) is 40.1 Å². The Bertz CT molecular complexity index is 1080. The van der Waals surface area contributed by atoms with E-state index in [-0.39, 0.29) is 33.3 Å². The van der Waals surface area contributed by atoms with Crippen LogP contribution in [0.15, 0.2) is 52.1 Å². The highest BCUT2D eigenvalue weighted by molar-refractivity contribution is 6.33. The van der Waals surface area contributed by atoms with Crippen LogP contribution in [0.1, 0.15) is 21.7 Å². The number of non-ortho nitro benzene ring substituents is 1. The predicted molar refractivity (Wildman–Crippen MR) is 97.7 cm³/mol.